The molecular formula is C55H32N4S. The van der Waals surface area contributed by atoms with E-state index in [2.05, 4.69) is 193 Å². The molecule has 0 amide bonds. The van der Waals surface area contributed by atoms with Gasteiger partial charge in [0.25, 0.3) is 0 Å². The van der Waals surface area contributed by atoms with E-state index in [1.165, 1.54) is 57.9 Å². The van der Waals surface area contributed by atoms with Crippen LogP contribution in [0.15, 0.2) is 194 Å². The van der Waals surface area contributed by atoms with Gasteiger partial charge in [-0.2, -0.15) is 0 Å². The summed E-state index contributed by atoms with van der Waals surface area (Å²) in [5.41, 5.74) is 6.28. The van der Waals surface area contributed by atoms with Gasteiger partial charge in [-0.25, -0.2) is 15.0 Å². The fourth-order valence-corrected chi connectivity index (χ4v) is 10.8. The molecule has 5 heteroatoms. The number of aromatic nitrogens is 4. The Morgan fingerprint density at radius 3 is 1.72 bits per heavy atom. The van der Waals surface area contributed by atoms with Crippen molar-refractivity contribution in [2.45, 2.75) is 0 Å². The summed E-state index contributed by atoms with van der Waals surface area (Å²) < 4.78 is 4.80. The first-order valence-corrected chi connectivity index (χ1v) is 21.1. The highest BCUT2D eigenvalue weighted by molar-refractivity contribution is 7.26. The van der Waals surface area contributed by atoms with Crippen LogP contribution >= 0.6 is 11.3 Å². The molecule has 3 heterocycles. The molecule has 0 aliphatic heterocycles. The Bertz CT molecular complexity index is 3890. The van der Waals surface area contributed by atoms with Gasteiger partial charge in [0.15, 0.2) is 17.5 Å². The number of rotatable bonds is 4. The van der Waals surface area contributed by atoms with E-state index in [1.807, 2.05) is 17.4 Å². The number of nitrogens with zero attached hydrogens (tertiary/aromatic N) is 4. The Kier molecular flexibility index (Phi) is 7.14. The number of para-hydroxylation sites is 2. The van der Waals surface area contributed by atoms with Gasteiger partial charge in [0.05, 0.1) is 11.0 Å². The molecule has 13 rings (SSSR count). The summed E-state index contributed by atoms with van der Waals surface area (Å²) in [4.78, 5) is 16.5. The van der Waals surface area contributed by atoms with E-state index < -0.39 is 0 Å². The minimum Gasteiger partial charge on any atom is -0.309 e. The largest absolute Gasteiger partial charge is 0.309 e. The van der Waals surface area contributed by atoms with Gasteiger partial charge in [0, 0.05) is 58.7 Å². The molecule has 3 aromatic heterocycles. The Morgan fingerprint density at radius 1 is 0.350 bits per heavy atom. The van der Waals surface area contributed by atoms with E-state index in [1.54, 1.807) is 0 Å². The summed E-state index contributed by atoms with van der Waals surface area (Å²) >= 11 is 1.85. The zero-order chi connectivity index (χ0) is 39.3. The van der Waals surface area contributed by atoms with Crippen LogP contribution in [0.2, 0.25) is 0 Å². The Hall–Kier alpha value is -7.73. The van der Waals surface area contributed by atoms with Gasteiger partial charge in [-0.1, -0.05) is 152 Å². The lowest BCUT2D eigenvalue weighted by atomic mass is 9.89. The fraction of sp³-hybridized carbons (Fsp3) is 0. The quantitative estimate of drug-likeness (QED) is 0.167. The highest BCUT2D eigenvalue weighted by Gasteiger charge is 2.25. The van der Waals surface area contributed by atoms with Crippen molar-refractivity contribution in [1.82, 2.24) is 19.5 Å². The van der Waals surface area contributed by atoms with Crippen molar-refractivity contribution in [3.05, 3.63) is 194 Å². The predicted octanol–water partition coefficient (Wildman–Crippen LogP) is 15.0. The number of hydrogen-bond acceptors (Lipinski definition) is 4. The number of hydrogen-bond donors (Lipinski definition) is 0. The van der Waals surface area contributed by atoms with Crippen molar-refractivity contribution < 1.29 is 0 Å². The highest BCUT2D eigenvalue weighted by Crippen LogP contribution is 2.49. The lowest BCUT2D eigenvalue weighted by Gasteiger charge is -2.16. The second-order valence-electron chi connectivity index (χ2n) is 15.5. The topological polar surface area (TPSA) is 43.6 Å². The van der Waals surface area contributed by atoms with Gasteiger partial charge in [-0.05, 0) is 80.2 Å². The molecule has 0 aliphatic rings. The molecule has 0 spiro atoms. The predicted molar refractivity (Wildman–Crippen MR) is 253 cm³/mol. The standard InChI is InChI=1S/C55H32N4S/c1-3-16-33(17-4-1)53-56-54(42-27-15-29-46-49(42)41-26-13-14-28-45(41)59(46)36-20-5-2-6-21-36)58-55(57-53)52-50-40-25-12-11-23-38(40)37-22-9-10-24-39(37)43(50)32-48-51(52)44-30-34-18-7-8-19-35(34)31-47(44)60-48/h1-32H. The Balaban J connectivity index is 1.22. The molecule has 0 aliphatic carbocycles. The fourth-order valence-electron chi connectivity index (χ4n) is 9.61. The smallest absolute Gasteiger partial charge is 0.165 e. The summed E-state index contributed by atoms with van der Waals surface area (Å²) in [6, 6.07) is 69.5. The van der Waals surface area contributed by atoms with Crippen LogP contribution in [-0.2, 0) is 0 Å². The summed E-state index contributed by atoms with van der Waals surface area (Å²) in [6.07, 6.45) is 0. The van der Waals surface area contributed by atoms with Crippen molar-refractivity contribution in [3.8, 4) is 39.9 Å². The maximum Gasteiger partial charge on any atom is 0.165 e. The zero-order valence-electron chi connectivity index (χ0n) is 32.2. The van der Waals surface area contributed by atoms with Crippen molar-refractivity contribution in [3.63, 3.8) is 0 Å². The van der Waals surface area contributed by atoms with Gasteiger partial charge in [-0.3, -0.25) is 0 Å². The van der Waals surface area contributed by atoms with Crippen LogP contribution in [0.5, 0.6) is 0 Å². The first-order valence-electron chi connectivity index (χ1n) is 20.3. The first kappa shape index (κ1) is 33.3. The molecule has 10 aromatic carbocycles. The minimum atomic E-state index is 0.639. The Morgan fingerprint density at radius 2 is 0.933 bits per heavy atom. The zero-order valence-corrected chi connectivity index (χ0v) is 33.0. The van der Waals surface area contributed by atoms with Crippen LogP contribution in [0.25, 0.3) is 125 Å². The molecule has 0 bridgehead atoms. The maximum absolute atomic E-state index is 5.65. The van der Waals surface area contributed by atoms with E-state index in [0.29, 0.717) is 17.5 Å². The van der Waals surface area contributed by atoms with Crippen molar-refractivity contribution in [2.75, 3.05) is 0 Å². The number of fused-ring (bicyclic) bond motifs is 13. The average molecular weight is 781 g/mol. The van der Waals surface area contributed by atoms with Gasteiger partial charge < -0.3 is 4.57 Å². The molecule has 0 saturated heterocycles. The molecule has 0 saturated carbocycles. The van der Waals surface area contributed by atoms with Gasteiger partial charge in [0.2, 0.25) is 0 Å². The molecule has 0 N–H and O–H groups in total. The highest BCUT2D eigenvalue weighted by atomic mass is 32.1. The summed E-state index contributed by atoms with van der Waals surface area (Å²) in [7, 11) is 0. The van der Waals surface area contributed by atoms with E-state index >= 15 is 0 Å². The summed E-state index contributed by atoms with van der Waals surface area (Å²) in [5, 5.41) is 14.3. The van der Waals surface area contributed by atoms with Crippen LogP contribution < -0.4 is 0 Å². The van der Waals surface area contributed by atoms with Gasteiger partial charge in [-0.15, -0.1) is 11.3 Å². The molecule has 278 valence electrons. The normalized spacial score (nSPS) is 12.0. The average Bonchev–Trinajstić information content (AvgIpc) is 3.85. The Labute approximate surface area is 348 Å². The van der Waals surface area contributed by atoms with E-state index in [4.69, 9.17) is 15.0 Å². The lowest BCUT2D eigenvalue weighted by Crippen LogP contribution is -2.01. The van der Waals surface area contributed by atoms with Gasteiger partial charge >= 0.3 is 0 Å². The molecule has 4 nitrogen and oxygen atoms in total. The van der Waals surface area contributed by atoms with Crippen molar-refractivity contribution in [2.24, 2.45) is 0 Å². The molecular weight excluding hydrogens is 749 g/mol. The monoisotopic (exact) mass is 780 g/mol. The van der Waals surface area contributed by atoms with Crippen LogP contribution in [0.1, 0.15) is 0 Å². The minimum absolute atomic E-state index is 0.639. The van der Waals surface area contributed by atoms with Crippen LogP contribution in [0.4, 0.5) is 0 Å². The summed E-state index contributed by atoms with van der Waals surface area (Å²) in [6.45, 7) is 0. The third kappa shape index (κ3) is 4.87. The second kappa shape index (κ2) is 12.9. The second-order valence-corrected chi connectivity index (χ2v) is 16.6. The van der Waals surface area contributed by atoms with E-state index in [0.717, 1.165) is 49.6 Å². The van der Waals surface area contributed by atoms with Crippen molar-refractivity contribution >= 4 is 96.4 Å². The van der Waals surface area contributed by atoms with Crippen LogP contribution in [0.3, 0.4) is 0 Å². The maximum atomic E-state index is 5.65. The van der Waals surface area contributed by atoms with E-state index in [-0.39, 0.29) is 0 Å². The lowest BCUT2D eigenvalue weighted by molar-refractivity contribution is 1.08. The van der Waals surface area contributed by atoms with Crippen LogP contribution in [0, 0.1) is 0 Å². The molecule has 13 aromatic rings. The molecule has 0 radical (unpaired) electrons. The molecule has 0 unspecified atom stereocenters. The SMILES string of the molecule is c1ccc(-c2nc(-c3c4c(cc5c6ccccc6c6ccccc6c35)sc3cc5ccccc5cc34)nc(-c3cccc4c3c3ccccc3n4-c3ccccc3)n2)cc1. The van der Waals surface area contributed by atoms with E-state index in [9.17, 15) is 0 Å². The third-order valence-corrected chi connectivity index (χ3v) is 13.3. The van der Waals surface area contributed by atoms with Crippen LogP contribution in [-0.4, -0.2) is 19.5 Å². The molecule has 60 heavy (non-hydrogen) atoms. The third-order valence-electron chi connectivity index (χ3n) is 12.2. The molecule has 0 fully saturated rings. The van der Waals surface area contributed by atoms with Gasteiger partial charge in [0.1, 0.15) is 0 Å². The molecule has 0 atom stereocenters. The first-order chi connectivity index (χ1) is 29.8. The summed E-state index contributed by atoms with van der Waals surface area (Å²) in [5.74, 6) is 1.94. The van der Waals surface area contributed by atoms with Crippen molar-refractivity contribution in [1.29, 1.82) is 0 Å². The number of thiophene rings is 1. The number of benzene rings is 10.